The molecule has 0 unspecified atom stereocenters. The molecule has 2 saturated carbocycles. The number of ether oxygens (including phenoxy) is 1. The van der Waals surface area contributed by atoms with Crippen LogP contribution in [0.3, 0.4) is 0 Å². The summed E-state index contributed by atoms with van der Waals surface area (Å²) in [5.74, 6) is 1.10. The quantitative estimate of drug-likeness (QED) is 0.475. The van der Waals surface area contributed by atoms with Crippen LogP contribution in [0.4, 0.5) is 5.69 Å². The van der Waals surface area contributed by atoms with Crippen LogP contribution in [0.2, 0.25) is 0 Å². The van der Waals surface area contributed by atoms with Crippen LogP contribution in [0, 0.1) is 35.5 Å². The van der Waals surface area contributed by atoms with E-state index in [9.17, 15) is 14.4 Å². The first-order valence-corrected chi connectivity index (χ1v) is 9.36. The molecule has 5 nitrogen and oxygen atoms in total. The molecule has 1 aromatic rings. The summed E-state index contributed by atoms with van der Waals surface area (Å²) in [5, 5.41) is 0. The smallest absolute Gasteiger partial charge is 0.238 e. The lowest BCUT2D eigenvalue weighted by Crippen LogP contribution is -2.40. The average Bonchev–Trinajstić information content (AvgIpc) is 3.40. The van der Waals surface area contributed by atoms with E-state index < -0.39 is 0 Å². The fourth-order valence-electron chi connectivity index (χ4n) is 5.38. The molecule has 2 bridgehead atoms. The predicted octanol–water partition coefficient (Wildman–Crippen LogP) is 2.85. The molecule has 2 amide bonds. The fourth-order valence-corrected chi connectivity index (χ4v) is 5.38. The van der Waals surface area contributed by atoms with Crippen molar-refractivity contribution >= 4 is 23.3 Å². The molecule has 134 valence electrons. The van der Waals surface area contributed by atoms with Gasteiger partial charge in [0, 0.05) is 5.56 Å². The summed E-state index contributed by atoms with van der Waals surface area (Å²) >= 11 is 0. The summed E-state index contributed by atoms with van der Waals surface area (Å²) in [6, 6.07) is 4.98. The minimum absolute atomic E-state index is 0.103. The molecule has 4 aliphatic carbocycles. The first-order valence-electron chi connectivity index (χ1n) is 9.36. The highest BCUT2D eigenvalue weighted by Gasteiger charge is 2.67. The van der Waals surface area contributed by atoms with Gasteiger partial charge in [0.05, 0.1) is 24.1 Å². The largest absolute Gasteiger partial charge is 0.492 e. The highest BCUT2D eigenvalue weighted by molar-refractivity contribution is 6.23. The Labute approximate surface area is 152 Å². The summed E-state index contributed by atoms with van der Waals surface area (Å²) in [6.45, 7) is 3.75. The number of rotatable bonds is 4. The highest BCUT2D eigenvalue weighted by atomic mass is 16.5. The van der Waals surface area contributed by atoms with Crippen molar-refractivity contribution in [2.24, 2.45) is 35.5 Å². The average molecular weight is 351 g/mol. The monoisotopic (exact) mass is 351 g/mol. The number of amides is 2. The number of carbonyl (C=O) groups excluding carboxylic acids is 3. The minimum atomic E-state index is -0.253. The Morgan fingerprint density at radius 3 is 2.27 bits per heavy atom. The molecule has 3 fully saturated rings. The number of benzene rings is 1. The highest BCUT2D eigenvalue weighted by Crippen LogP contribution is 2.65. The van der Waals surface area contributed by atoms with Gasteiger partial charge >= 0.3 is 0 Å². The van der Waals surface area contributed by atoms with Crippen LogP contribution in [0.15, 0.2) is 30.4 Å². The second kappa shape index (κ2) is 5.29. The summed E-state index contributed by atoms with van der Waals surface area (Å²) in [4.78, 5) is 39.7. The number of anilines is 1. The second-order valence-electron chi connectivity index (χ2n) is 7.84. The zero-order valence-corrected chi connectivity index (χ0v) is 14.8. The van der Waals surface area contributed by atoms with Gasteiger partial charge in [0.1, 0.15) is 5.75 Å². The van der Waals surface area contributed by atoms with Gasteiger partial charge in [-0.1, -0.05) is 12.2 Å². The van der Waals surface area contributed by atoms with Crippen molar-refractivity contribution in [3.8, 4) is 5.75 Å². The van der Waals surface area contributed by atoms with Crippen molar-refractivity contribution in [3.63, 3.8) is 0 Å². The number of hydrogen-bond donors (Lipinski definition) is 0. The van der Waals surface area contributed by atoms with E-state index >= 15 is 0 Å². The zero-order chi connectivity index (χ0) is 18.2. The number of ketones is 1. The Balaban J connectivity index is 1.59. The van der Waals surface area contributed by atoms with Crippen LogP contribution in [-0.4, -0.2) is 24.2 Å². The normalized spacial score (nSPS) is 36.2. The third-order valence-corrected chi connectivity index (χ3v) is 6.57. The van der Waals surface area contributed by atoms with Crippen molar-refractivity contribution in [1.29, 1.82) is 0 Å². The SMILES string of the molecule is CCOc1ccc(C(C)=O)cc1N1C(=O)[C@@H]2[C@@H]3C=C[C@H]([C@H]4C[C@@H]34)[C@@H]2C1=O. The van der Waals surface area contributed by atoms with Gasteiger partial charge < -0.3 is 4.74 Å². The Hall–Kier alpha value is -2.43. The Morgan fingerprint density at radius 2 is 1.73 bits per heavy atom. The topological polar surface area (TPSA) is 63.7 Å². The number of Topliss-reactive ketones (excluding diaryl/α,β-unsaturated/α-hetero) is 1. The van der Waals surface area contributed by atoms with Crippen molar-refractivity contribution in [1.82, 2.24) is 0 Å². The van der Waals surface area contributed by atoms with E-state index in [2.05, 4.69) is 12.2 Å². The number of imide groups is 1. The Morgan fingerprint density at radius 1 is 1.12 bits per heavy atom. The lowest BCUT2D eigenvalue weighted by Gasteiger charge is -2.37. The maximum atomic E-state index is 13.3. The van der Waals surface area contributed by atoms with Crippen molar-refractivity contribution in [2.75, 3.05) is 11.5 Å². The van der Waals surface area contributed by atoms with E-state index in [-0.39, 0.29) is 41.3 Å². The van der Waals surface area contributed by atoms with Crippen LogP contribution in [-0.2, 0) is 9.59 Å². The standard InChI is InChI=1S/C21H21NO4/c1-3-26-17-7-4-11(10(2)23)8-16(17)22-20(24)18-12-5-6-13(15-9-14(12)15)19(18)21(22)25/h4-8,12-15,18-19H,3,9H2,1-2H3/t12-,13-,14-,15+,18+,19-/m1/s1. The number of hydrogen-bond acceptors (Lipinski definition) is 4. The lowest BCUT2D eigenvalue weighted by atomic mass is 9.63. The van der Waals surface area contributed by atoms with Crippen molar-refractivity contribution in [3.05, 3.63) is 35.9 Å². The van der Waals surface area contributed by atoms with Gasteiger partial charge in [-0.05, 0) is 62.1 Å². The van der Waals surface area contributed by atoms with Gasteiger partial charge in [-0.3, -0.25) is 14.4 Å². The zero-order valence-electron chi connectivity index (χ0n) is 14.8. The van der Waals surface area contributed by atoms with Crippen LogP contribution >= 0.6 is 0 Å². The summed E-state index contributed by atoms with van der Waals surface area (Å²) in [6.07, 6.45) is 5.45. The fraction of sp³-hybridized carbons (Fsp3) is 0.476. The first kappa shape index (κ1) is 15.8. The Bertz CT molecular complexity index is 837. The van der Waals surface area contributed by atoms with E-state index in [1.165, 1.54) is 11.8 Å². The maximum absolute atomic E-state index is 13.3. The molecule has 0 aromatic heterocycles. The third kappa shape index (κ3) is 1.94. The van der Waals surface area contributed by atoms with Gasteiger partial charge in [0.15, 0.2) is 5.78 Å². The van der Waals surface area contributed by atoms with Crippen molar-refractivity contribution < 1.29 is 19.1 Å². The van der Waals surface area contributed by atoms with E-state index in [0.29, 0.717) is 35.4 Å². The minimum Gasteiger partial charge on any atom is -0.492 e. The molecule has 1 aliphatic heterocycles. The second-order valence-corrected chi connectivity index (χ2v) is 7.84. The van der Waals surface area contributed by atoms with Gasteiger partial charge in [-0.2, -0.15) is 0 Å². The molecule has 1 heterocycles. The van der Waals surface area contributed by atoms with Crippen molar-refractivity contribution in [2.45, 2.75) is 20.3 Å². The van der Waals surface area contributed by atoms with Gasteiger partial charge in [-0.25, -0.2) is 4.90 Å². The van der Waals surface area contributed by atoms with Crippen LogP contribution in [0.5, 0.6) is 5.75 Å². The van der Waals surface area contributed by atoms with Gasteiger partial charge in [0.25, 0.3) is 0 Å². The predicted molar refractivity (Wildman–Crippen MR) is 94.8 cm³/mol. The molecule has 0 N–H and O–H groups in total. The molecule has 5 aliphatic rings. The third-order valence-electron chi connectivity index (χ3n) is 6.57. The molecule has 26 heavy (non-hydrogen) atoms. The number of nitrogens with zero attached hydrogens (tertiary/aromatic N) is 1. The molecule has 1 saturated heterocycles. The molecule has 1 aromatic carbocycles. The summed E-state index contributed by atoms with van der Waals surface area (Å²) in [5.41, 5.74) is 0.889. The summed E-state index contributed by atoms with van der Waals surface area (Å²) in [7, 11) is 0. The number of carbonyl (C=O) groups is 3. The first-order chi connectivity index (χ1) is 12.5. The molecule has 5 heteroatoms. The van der Waals surface area contributed by atoms with E-state index in [4.69, 9.17) is 4.74 Å². The molecule has 6 atom stereocenters. The molecular formula is C21H21NO4. The van der Waals surface area contributed by atoms with Gasteiger partial charge in [-0.15, -0.1) is 0 Å². The van der Waals surface area contributed by atoms with E-state index in [1.54, 1.807) is 18.2 Å². The summed E-state index contributed by atoms with van der Waals surface area (Å²) < 4.78 is 5.66. The van der Waals surface area contributed by atoms with E-state index in [0.717, 1.165) is 6.42 Å². The molecule has 0 spiro atoms. The van der Waals surface area contributed by atoms with Crippen LogP contribution in [0.25, 0.3) is 0 Å². The Kier molecular flexibility index (Phi) is 3.21. The van der Waals surface area contributed by atoms with Crippen LogP contribution < -0.4 is 9.64 Å². The molecule has 6 rings (SSSR count). The number of allylic oxidation sites excluding steroid dienone is 2. The van der Waals surface area contributed by atoms with Gasteiger partial charge in [0.2, 0.25) is 11.8 Å². The lowest BCUT2D eigenvalue weighted by molar-refractivity contribution is -0.124. The van der Waals surface area contributed by atoms with Crippen LogP contribution in [0.1, 0.15) is 30.6 Å². The maximum Gasteiger partial charge on any atom is 0.238 e. The molecule has 0 radical (unpaired) electrons. The van der Waals surface area contributed by atoms with E-state index in [1.807, 2.05) is 6.92 Å². The molecular weight excluding hydrogens is 330 g/mol.